The lowest BCUT2D eigenvalue weighted by molar-refractivity contribution is -0.149. The van der Waals surface area contributed by atoms with E-state index in [2.05, 4.69) is 0 Å². The van der Waals surface area contributed by atoms with Crippen molar-refractivity contribution in [3.8, 4) is 16.9 Å². The zero-order valence-electron chi connectivity index (χ0n) is 16.6. The second kappa shape index (κ2) is 8.25. The average molecular weight is 400 g/mol. The summed E-state index contributed by atoms with van der Waals surface area (Å²) in [6, 6.07) is 23.8. The third kappa shape index (κ3) is 3.70. The van der Waals surface area contributed by atoms with E-state index < -0.39 is 17.7 Å². The molecule has 4 rings (SSSR count). The third-order valence-electron chi connectivity index (χ3n) is 4.96. The summed E-state index contributed by atoms with van der Waals surface area (Å²) in [6.07, 6.45) is -0.934. The minimum atomic E-state index is -0.934. The summed E-state index contributed by atoms with van der Waals surface area (Å²) < 4.78 is 16.5. The fourth-order valence-corrected chi connectivity index (χ4v) is 3.44. The van der Waals surface area contributed by atoms with Gasteiger partial charge in [-0.05, 0) is 30.2 Å². The van der Waals surface area contributed by atoms with Crippen LogP contribution in [0.15, 0.2) is 88.1 Å². The Hall–Kier alpha value is -3.86. The summed E-state index contributed by atoms with van der Waals surface area (Å²) in [5.74, 6) is -0.0738. The van der Waals surface area contributed by atoms with Gasteiger partial charge in [0.1, 0.15) is 11.3 Å². The Bertz CT molecular complexity index is 1240. The first kappa shape index (κ1) is 19.5. The standard InChI is InChI=1S/C25H20O5/c1-16-21(29-24(25(27)28-2)18-11-7-4-8-12-18)14-13-19-20(15-22(26)30-23(16)19)17-9-5-3-6-10-17/h3-15,24H,1-2H3. The average Bonchev–Trinajstić information content (AvgIpc) is 2.79. The Balaban J connectivity index is 1.82. The molecule has 0 radical (unpaired) electrons. The highest BCUT2D eigenvalue weighted by atomic mass is 16.6. The molecule has 1 heterocycles. The van der Waals surface area contributed by atoms with Crippen molar-refractivity contribution in [1.82, 2.24) is 0 Å². The van der Waals surface area contributed by atoms with Gasteiger partial charge in [-0.3, -0.25) is 0 Å². The van der Waals surface area contributed by atoms with Crippen LogP contribution >= 0.6 is 0 Å². The molecule has 0 saturated carbocycles. The van der Waals surface area contributed by atoms with Gasteiger partial charge in [0.05, 0.1) is 7.11 Å². The van der Waals surface area contributed by atoms with Crippen LogP contribution in [-0.4, -0.2) is 13.1 Å². The molecular weight excluding hydrogens is 380 g/mol. The number of hydrogen-bond donors (Lipinski definition) is 0. The van der Waals surface area contributed by atoms with E-state index in [0.717, 1.165) is 16.5 Å². The monoisotopic (exact) mass is 400 g/mol. The van der Waals surface area contributed by atoms with E-state index in [1.807, 2.05) is 54.6 Å². The molecule has 0 fully saturated rings. The molecule has 0 saturated heterocycles. The minimum Gasteiger partial charge on any atom is -0.474 e. The number of rotatable bonds is 5. The largest absolute Gasteiger partial charge is 0.474 e. The van der Waals surface area contributed by atoms with Gasteiger partial charge in [0.25, 0.3) is 0 Å². The highest BCUT2D eigenvalue weighted by Crippen LogP contribution is 2.35. The van der Waals surface area contributed by atoms with E-state index in [9.17, 15) is 9.59 Å². The number of ether oxygens (including phenoxy) is 2. The van der Waals surface area contributed by atoms with E-state index in [4.69, 9.17) is 13.9 Å². The number of hydrogen-bond acceptors (Lipinski definition) is 5. The molecule has 0 aliphatic heterocycles. The van der Waals surface area contributed by atoms with Gasteiger partial charge in [-0.15, -0.1) is 0 Å². The number of methoxy groups -OCH3 is 1. The lowest BCUT2D eigenvalue weighted by Crippen LogP contribution is -2.20. The molecule has 0 N–H and O–H groups in total. The number of benzene rings is 3. The van der Waals surface area contributed by atoms with Crippen molar-refractivity contribution in [1.29, 1.82) is 0 Å². The highest BCUT2D eigenvalue weighted by Gasteiger charge is 2.25. The third-order valence-corrected chi connectivity index (χ3v) is 4.96. The maximum atomic E-state index is 12.4. The zero-order valence-corrected chi connectivity index (χ0v) is 16.6. The van der Waals surface area contributed by atoms with Crippen molar-refractivity contribution in [2.75, 3.05) is 7.11 Å². The van der Waals surface area contributed by atoms with Crippen LogP contribution < -0.4 is 10.4 Å². The fourth-order valence-electron chi connectivity index (χ4n) is 3.44. The highest BCUT2D eigenvalue weighted by molar-refractivity contribution is 5.95. The molecule has 5 heteroatoms. The first-order valence-electron chi connectivity index (χ1n) is 9.51. The molecule has 30 heavy (non-hydrogen) atoms. The van der Waals surface area contributed by atoms with Gasteiger partial charge in [-0.2, -0.15) is 0 Å². The molecule has 150 valence electrons. The van der Waals surface area contributed by atoms with Gasteiger partial charge in [0.2, 0.25) is 6.10 Å². The fraction of sp³-hybridized carbons (Fsp3) is 0.120. The molecule has 1 unspecified atom stereocenters. The van der Waals surface area contributed by atoms with Gasteiger partial charge in [-0.1, -0.05) is 60.7 Å². The molecule has 0 amide bonds. The number of carbonyl (C=O) groups excluding carboxylic acids is 1. The van der Waals surface area contributed by atoms with E-state index in [-0.39, 0.29) is 0 Å². The van der Waals surface area contributed by atoms with Crippen LogP contribution in [0.5, 0.6) is 5.75 Å². The normalized spacial score (nSPS) is 11.8. The molecule has 1 aromatic heterocycles. The van der Waals surface area contributed by atoms with E-state index in [1.165, 1.54) is 13.2 Å². The smallest absolute Gasteiger partial charge is 0.351 e. The van der Waals surface area contributed by atoms with Crippen molar-refractivity contribution < 1.29 is 18.7 Å². The van der Waals surface area contributed by atoms with Crippen molar-refractivity contribution in [2.45, 2.75) is 13.0 Å². The lowest BCUT2D eigenvalue weighted by Gasteiger charge is -2.19. The maximum Gasteiger partial charge on any atom is 0.351 e. The quantitative estimate of drug-likeness (QED) is 0.346. The van der Waals surface area contributed by atoms with E-state index in [1.54, 1.807) is 25.1 Å². The summed E-state index contributed by atoms with van der Waals surface area (Å²) in [5.41, 5.74) is 2.98. The maximum absolute atomic E-state index is 12.4. The summed E-state index contributed by atoms with van der Waals surface area (Å²) in [6.45, 7) is 1.80. The molecule has 5 nitrogen and oxygen atoms in total. The molecule has 1 atom stereocenters. The summed E-state index contributed by atoms with van der Waals surface area (Å²) >= 11 is 0. The van der Waals surface area contributed by atoms with Crippen LogP contribution in [0.3, 0.4) is 0 Å². The number of fused-ring (bicyclic) bond motifs is 1. The summed E-state index contributed by atoms with van der Waals surface area (Å²) in [5, 5.41) is 0.792. The van der Waals surface area contributed by atoms with Crippen LogP contribution in [0.2, 0.25) is 0 Å². The number of carbonyl (C=O) groups is 1. The predicted octanol–water partition coefficient (Wildman–Crippen LogP) is 5.06. The molecular formula is C25H20O5. The first-order chi connectivity index (χ1) is 14.6. The zero-order chi connectivity index (χ0) is 21.1. The molecule has 0 spiro atoms. The Labute approximate surface area is 173 Å². The topological polar surface area (TPSA) is 65.7 Å². The van der Waals surface area contributed by atoms with Gasteiger partial charge in [0.15, 0.2) is 0 Å². The molecule has 0 bridgehead atoms. The second-order valence-corrected chi connectivity index (χ2v) is 6.84. The SMILES string of the molecule is COC(=O)C(Oc1ccc2c(-c3ccccc3)cc(=O)oc2c1C)c1ccccc1. The van der Waals surface area contributed by atoms with Crippen LogP contribution in [0, 0.1) is 6.92 Å². The molecule has 4 aromatic rings. The van der Waals surface area contributed by atoms with Gasteiger partial charge in [-0.25, -0.2) is 9.59 Å². The number of esters is 1. The van der Waals surface area contributed by atoms with Crippen molar-refractivity contribution in [3.05, 3.63) is 100 Å². The van der Waals surface area contributed by atoms with Crippen LogP contribution in [0.1, 0.15) is 17.2 Å². The molecule has 0 aliphatic carbocycles. The minimum absolute atomic E-state index is 0.426. The molecule has 3 aromatic carbocycles. The first-order valence-corrected chi connectivity index (χ1v) is 9.51. The van der Waals surface area contributed by atoms with Crippen molar-refractivity contribution in [2.24, 2.45) is 0 Å². The predicted molar refractivity (Wildman–Crippen MR) is 114 cm³/mol. The van der Waals surface area contributed by atoms with Gasteiger partial charge in [0, 0.05) is 22.6 Å². The summed E-state index contributed by atoms with van der Waals surface area (Å²) in [7, 11) is 1.32. The van der Waals surface area contributed by atoms with E-state index in [0.29, 0.717) is 22.5 Å². The van der Waals surface area contributed by atoms with Gasteiger partial charge >= 0.3 is 11.6 Å². The lowest BCUT2D eigenvalue weighted by atomic mass is 10.00. The Morgan fingerprint density at radius 3 is 2.27 bits per heavy atom. The Morgan fingerprint density at radius 2 is 1.60 bits per heavy atom. The van der Waals surface area contributed by atoms with Crippen molar-refractivity contribution >= 4 is 16.9 Å². The second-order valence-electron chi connectivity index (χ2n) is 6.84. The van der Waals surface area contributed by atoms with Gasteiger partial charge < -0.3 is 13.9 Å². The number of aryl methyl sites for hydroxylation is 1. The Kier molecular flexibility index (Phi) is 5.35. The van der Waals surface area contributed by atoms with Crippen LogP contribution in [0.4, 0.5) is 0 Å². The van der Waals surface area contributed by atoms with Crippen LogP contribution in [-0.2, 0) is 9.53 Å². The molecule has 0 aliphatic rings. The van der Waals surface area contributed by atoms with E-state index >= 15 is 0 Å². The summed E-state index contributed by atoms with van der Waals surface area (Å²) in [4.78, 5) is 24.6. The van der Waals surface area contributed by atoms with Crippen molar-refractivity contribution in [3.63, 3.8) is 0 Å². The Morgan fingerprint density at radius 1 is 0.933 bits per heavy atom. The van der Waals surface area contributed by atoms with Crippen LogP contribution in [0.25, 0.3) is 22.1 Å².